The molecule has 2 amide bonds. The smallest absolute Gasteiger partial charge is 0.405 e. The lowest BCUT2D eigenvalue weighted by Gasteiger charge is -2.15. The van der Waals surface area contributed by atoms with E-state index in [0.29, 0.717) is 9.09 Å². The van der Waals surface area contributed by atoms with Crippen molar-refractivity contribution in [3.05, 3.63) is 40.0 Å². The predicted molar refractivity (Wildman–Crippen MR) is 92.4 cm³/mol. The summed E-state index contributed by atoms with van der Waals surface area (Å²) >= 11 is 6.01. The van der Waals surface area contributed by atoms with E-state index >= 15 is 0 Å². The Morgan fingerprint density at radius 2 is 2.21 bits per heavy atom. The number of ether oxygens (including phenoxy) is 1. The summed E-state index contributed by atoms with van der Waals surface area (Å²) in [6.07, 6.45) is -0.161. The third-order valence-electron chi connectivity index (χ3n) is 3.30. The van der Waals surface area contributed by atoms with Crippen molar-refractivity contribution in [2.45, 2.75) is 12.5 Å². The lowest BCUT2D eigenvalue weighted by atomic mass is 10.1. The van der Waals surface area contributed by atoms with E-state index in [1.54, 1.807) is 6.20 Å². The highest BCUT2D eigenvalue weighted by Gasteiger charge is 2.24. The van der Waals surface area contributed by atoms with E-state index in [4.69, 9.17) is 22.7 Å². The molecule has 0 saturated carbocycles. The molecule has 2 aromatic heterocycles. The number of primary amides is 1. The minimum absolute atomic E-state index is 0.175. The monoisotopic (exact) mass is 363 g/mol. The molecule has 124 valence electrons. The maximum Gasteiger partial charge on any atom is 0.405 e. The SMILES string of the molecule is NC(=O)OC(Cc1c[nH]c2ccccc12)C(=O)Nc1n[nH]c(=S)s1. The summed E-state index contributed by atoms with van der Waals surface area (Å²) in [6, 6.07) is 7.62. The number of hydrogen-bond donors (Lipinski definition) is 4. The number of aromatic nitrogens is 3. The molecule has 1 aromatic carbocycles. The van der Waals surface area contributed by atoms with Gasteiger partial charge in [0.25, 0.3) is 5.91 Å². The summed E-state index contributed by atoms with van der Waals surface area (Å²) in [7, 11) is 0. The van der Waals surface area contributed by atoms with E-state index in [2.05, 4.69) is 20.5 Å². The summed E-state index contributed by atoms with van der Waals surface area (Å²) < 4.78 is 5.39. The Morgan fingerprint density at radius 3 is 2.92 bits per heavy atom. The summed E-state index contributed by atoms with van der Waals surface area (Å²) in [5.74, 6) is -0.531. The van der Waals surface area contributed by atoms with E-state index in [1.165, 1.54) is 0 Å². The quantitative estimate of drug-likeness (QED) is 0.518. The lowest BCUT2D eigenvalue weighted by molar-refractivity contribution is -0.124. The van der Waals surface area contributed by atoms with Crippen LogP contribution in [0.3, 0.4) is 0 Å². The van der Waals surface area contributed by atoms with Crippen molar-refractivity contribution in [1.29, 1.82) is 0 Å². The Morgan fingerprint density at radius 1 is 1.42 bits per heavy atom. The van der Waals surface area contributed by atoms with Crippen LogP contribution in [0.4, 0.5) is 9.93 Å². The zero-order valence-corrected chi connectivity index (χ0v) is 13.9. The Balaban J connectivity index is 1.81. The van der Waals surface area contributed by atoms with Gasteiger partial charge in [-0.2, -0.15) is 0 Å². The van der Waals surface area contributed by atoms with E-state index in [1.807, 2.05) is 24.3 Å². The standard InChI is InChI=1S/C14H13N5O3S2/c15-12(21)22-10(11(20)17-13-18-19-14(23)24-13)5-7-6-16-9-4-2-1-3-8(7)9/h1-4,6,10,16H,5H2,(H2,15,21)(H,19,23)(H,17,18,20). The number of hydrogen-bond acceptors (Lipinski definition) is 6. The molecular formula is C14H13N5O3S2. The summed E-state index contributed by atoms with van der Waals surface area (Å²) in [5.41, 5.74) is 6.85. The minimum Gasteiger partial charge on any atom is -0.436 e. The third kappa shape index (κ3) is 3.60. The molecule has 0 aliphatic heterocycles. The van der Waals surface area contributed by atoms with Gasteiger partial charge in [-0.05, 0) is 23.8 Å². The summed E-state index contributed by atoms with van der Waals surface area (Å²) in [5, 5.41) is 10.2. The number of aromatic amines is 2. The number of H-pyrrole nitrogens is 2. The number of nitrogens with zero attached hydrogens (tertiary/aromatic N) is 1. The second kappa shape index (κ2) is 6.81. The first-order valence-corrected chi connectivity index (χ1v) is 8.13. The third-order valence-corrected chi connectivity index (χ3v) is 4.30. The van der Waals surface area contributed by atoms with Crippen LogP contribution >= 0.6 is 23.6 Å². The molecule has 0 bridgehead atoms. The van der Waals surface area contributed by atoms with Gasteiger partial charge in [-0.15, -0.1) is 5.10 Å². The first kappa shape index (κ1) is 16.1. The van der Waals surface area contributed by atoms with E-state index < -0.39 is 18.1 Å². The van der Waals surface area contributed by atoms with Crippen molar-refractivity contribution in [3.63, 3.8) is 0 Å². The number of amides is 2. The molecule has 2 heterocycles. The van der Waals surface area contributed by atoms with Gasteiger partial charge in [0, 0.05) is 23.5 Å². The molecule has 10 heteroatoms. The number of para-hydroxylation sites is 1. The van der Waals surface area contributed by atoms with Gasteiger partial charge < -0.3 is 15.5 Å². The number of fused-ring (bicyclic) bond motifs is 1. The molecule has 1 atom stereocenters. The highest BCUT2D eigenvalue weighted by atomic mass is 32.1. The number of anilines is 1. The Hall–Kier alpha value is -2.72. The van der Waals surface area contributed by atoms with Crippen molar-refractivity contribution < 1.29 is 14.3 Å². The van der Waals surface area contributed by atoms with Crippen LogP contribution in [-0.2, 0) is 16.0 Å². The van der Waals surface area contributed by atoms with Crippen LogP contribution in [0.1, 0.15) is 5.56 Å². The zero-order valence-electron chi connectivity index (χ0n) is 12.2. The molecule has 5 N–H and O–H groups in total. The van der Waals surface area contributed by atoms with Crippen molar-refractivity contribution in [2.24, 2.45) is 5.73 Å². The maximum absolute atomic E-state index is 12.4. The zero-order chi connectivity index (χ0) is 17.1. The fourth-order valence-corrected chi connectivity index (χ4v) is 3.09. The van der Waals surface area contributed by atoms with Gasteiger partial charge >= 0.3 is 6.09 Å². The second-order valence-corrected chi connectivity index (χ2v) is 6.56. The molecule has 24 heavy (non-hydrogen) atoms. The van der Waals surface area contributed by atoms with Gasteiger partial charge in [0.1, 0.15) is 0 Å². The molecule has 0 aliphatic rings. The highest BCUT2D eigenvalue weighted by Crippen LogP contribution is 2.21. The van der Waals surface area contributed by atoms with Crippen molar-refractivity contribution >= 4 is 51.6 Å². The first-order valence-electron chi connectivity index (χ1n) is 6.90. The van der Waals surface area contributed by atoms with Gasteiger partial charge in [-0.25, -0.2) is 4.79 Å². The number of nitrogens with one attached hydrogen (secondary N) is 3. The van der Waals surface area contributed by atoms with Crippen LogP contribution in [0.5, 0.6) is 0 Å². The van der Waals surface area contributed by atoms with Crippen molar-refractivity contribution in [2.75, 3.05) is 5.32 Å². The molecule has 3 aromatic rings. The molecule has 1 unspecified atom stereocenters. The fourth-order valence-electron chi connectivity index (χ4n) is 2.30. The van der Waals surface area contributed by atoms with Gasteiger partial charge in [0.05, 0.1) is 0 Å². The van der Waals surface area contributed by atoms with Crippen molar-refractivity contribution in [3.8, 4) is 0 Å². The Labute approximate surface area is 145 Å². The molecule has 0 aliphatic carbocycles. The molecule has 0 saturated heterocycles. The van der Waals surface area contributed by atoms with Crippen LogP contribution in [0.15, 0.2) is 30.5 Å². The normalized spacial score (nSPS) is 12.0. The Bertz CT molecular complexity index is 945. The fraction of sp³-hybridized carbons (Fsp3) is 0.143. The number of rotatable bonds is 5. The summed E-state index contributed by atoms with van der Waals surface area (Å²) in [4.78, 5) is 26.6. The van der Waals surface area contributed by atoms with Gasteiger partial charge in [0.2, 0.25) is 5.13 Å². The molecule has 3 rings (SSSR count). The average molecular weight is 363 g/mol. The molecule has 0 radical (unpaired) electrons. The van der Waals surface area contributed by atoms with E-state index in [-0.39, 0.29) is 6.42 Å². The molecule has 0 spiro atoms. The minimum atomic E-state index is -1.08. The number of nitrogens with two attached hydrogens (primary N) is 1. The average Bonchev–Trinajstić information content (AvgIpc) is 3.13. The maximum atomic E-state index is 12.4. The largest absolute Gasteiger partial charge is 0.436 e. The Kier molecular flexibility index (Phi) is 4.58. The highest BCUT2D eigenvalue weighted by molar-refractivity contribution is 7.73. The second-order valence-electron chi connectivity index (χ2n) is 4.90. The predicted octanol–water partition coefficient (Wildman–Crippen LogP) is 2.33. The van der Waals surface area contributed by atoms with Gasteiger partial charge in [0.15, 0.2) is 10.1 Å². The first-order chi connectivity index (χ1) is 11.5. The molecule has 8 nitrogen and oxygen atoms in total. The lowest BCUT2D eigenvalue weighted by Crippen LogP contribution is -2.36. The van der Waals surface area contributed by atoms with Crippen LogP contribution < -0.4 is 11.1 Å². The van der Waals surface area contributed by atoms with Crippen LogP contribution in [-0.4, -0.2) is 33.3 Å². The van der Waals surface area contributed by atoms with Crippen LogP contribution in [0.2, 0.25) is 0 Å². The topological polar surface area (TPSA) is 126 Å². The van der Waals surface area contributed by atoms with E-state index in [0.717, 1.165) is 27.8 Å². The van der Waals surface area contributed by atoms with Crippen LogP contribution in [0, 0.1) is 3.95 Å². The molecule has 0 fully saturated rings. The molecular weight excluding hydrogens is 350 g/mol. The van der Waals surface area contributed by atoms with E-state index in [9.17, 15) is 9.59 Å². The number of benzene rings is 1. The number of carbonyl (C=O) groups is 2. The van der Waals surface area contributed by atoms with Gasteiger partial charge in [-0.3, -0.25) is 15.2 Å². The summed E-state index contributed by atoms with van der Waals surface area (Å²) in [6.45, 7) is 0. The van der Waals surface area contributed by atoms with Gasteiger partial charge in [-0.1, -0.05) is 29.5 Å². The van der Waals surface area contributed by atoms with Crippen LogP contribution in [0.25, 0.3) is 10.9 Å². The number of carbonyl (C=O) groups excluding carboxylic acids is 2. The van der Waals surface area contributed by atoms with Crippen molar-refractivity contribution in [1.82, 2.24) is 15.2 Å².